The molecule has 0 aliphatic heterocycles. The number of ether oxygens (including phenoxy) is 2. The zero-order chi connectivity index (χ0) is 16.2. The highest BCUT2D eigenvalue weighted by Crippen LogP contribution is 2.23. The van der Waals surface area contributed by atoms with Crippen LogP contribution in [-0.2, 0) is 6.54 Å². The van der Waals surface area contributed by atoms with Crippen molar-refractivity contribution in [2.45, 2.75) is 6.54 Å². The third kappa shape index (κ3) is 2.94. The third-order valence-electron chi connectivity index (χ3n) is 3.44. The summed E-state index contributed by atoms with van der Waals surface area (Å²) in [6.07, 6.45) is 1.85. The zero-order valence-electron chi connectivity index (χ0n) is 12.8. The van der Waals surface area contributed by atoms with Crippen molar-refractivity contribution in [3.63, 3.8) is 0 Å². The highest BCUT2D eigenvalue weighted by molar-refractivity contribution is 5.97. The summed E-state index contributed by atoms with van der Waals surface area (Å²) in [5.74, 6) is 1.45. The average Bonchev–Trinajstić information content (AvgIpc) is 3.02. The summed E-state index contributed by atoms with van der Waals surface area (Å²) in [6.45, 7) is 0.254. The Morgan fingerprint density at radius 2 is 2.04 bits per heavy atom. The van der Waals surface area contributed by atoms with E-state index in [0.717, 1.165) is 5.65 Å². The first kappa shape index (κ1) is 14.8. The lowest BCUT2D eigenvalue weighted by atomic mass is 10.1. The molecule has 3 rings (SSSR count). The van der Waals surface area contributed by atoms with Crippen LogP contribution in [0.5, 0.6) is 11.5 Å². The van der Waals surface area contributed by atoms with Gasteiger partial charge in [0, 0.05) is 6.20 Å². The van der Waals surface area contributed by atoms with Gasteiger partial charge in [-0.15, -0.1) is 10.2 Å². The number of carbonyl (C=O) groups excluding carboxylic acids is 1. The summed E-state index contributed by atoms with van der Waals surface area (Å²) < 4.78 is 12.2. The van der Waals surface area contributed by atoms with E-state index >= 15 is 0 Å². The van der Waals surface area contributed by atoms with Gasteiger partial charge in [-0.1, -0.05) is 6.07 Å². The summed E-state index contributed by atoms with van der Waals surface area (Å²) in [7, 11) is 3.07. The summed E-state index contributed by atoms with van der Waals surface area (Å²) in [6, 6.07) is 10.7. The van der Waals surface area contributed by atoms with Gasteiger partial charge in [-0.2, -0.15) is 0 Å². The number of hydrogen-bond donors (Lipinski definition) is 1. The molecule has 2 aromatic heterocycles. The minimum absolute atomic E-state index is 0.254. The number of benzene rings is 1. The molecule has 7 nitrogen and oxygen atoms in total. The lowest BCUT2D eigenvalue weighted by Crippen LogP contribution is -2.24. The molecule has 0 spiro atoms. The molecule has 0 saturated carbocycles. The monoisotopic (exact) mass is 312 g/mol. The number of rotatable bonds is 5. The van der Waals surface area contributed by atoms with Crippen molar-refractivity contribution in [1.82, 2.24) is 19.9 Å². The SMILES string of the molecule is COc1ccc(OC)c(C(=O)NCc2nnc3ccccn23)c1. The maximum Gasteiger partial charge on any atom is 0.255 e. The van der Waals surface area contributed by atoms with Gasteiger partial charge in [0.25, 0.3) is 5.91 Å². The van der Waals surface area contributed by atoms with Crippen LogP contribution in [0.25, 0.3) is 5.65 Å². The highest BCUT2D eigenvalue weighted by Gasteiger charge is 2.14. The van der Waals surface area contributed by atoms with Gasteiger partial charge < -0.3 is 14.8 Å². The van der Waals surface area contributed by atoms with Crippen molar-refractivity contribution < 1.29 is 14.3 Å². The van der Waals surface area contributed by atoms with Crippen LogP contribution in [0.1, 0.15) is 16.2 Å². The number of hydrogen-bond acceptors (Lipinski definition) is 5. The second-order valence-corrected chi connectivity index (χ2v) is 4.79. The van der Waals surface area contributed by atoms with E-state index in [0.29, 0.717) is 22.9 Å². The molecule has 1 amide bonds. The van der Waals surface area contributed by atoms with E-state index < -0.39 is 0 Å². The zero-order valence-corrected chi connectivity index (χ0v) is 12.8. The highest BCUT2D eigenvalue weighted by atomic mass is 16.5. The summed E-state index contributed by atoms with van der Waals surface area (Å²) in [5.41, 5.74) is 1.14. The van der Waals surface area contributed by atoms with E-state index in [1.807, 2.05) is 28.8 Å². The summed E-state index contributed by atoms with van der Waals surface area (Å²) >= 11 is 0. The molecule has 0 aliphatic rings. The molecule has 0 unspecified atom stereocenters. The van der Waals surface area contributed by atoms with E-state index in [1.54, 1.807) is 25.3 Å². The molecule has 0 bridgehead atoms. The van der Waals surface area contributed by atoms with Gasteiger partial charge in [-0.25, -0.2) is 0 Å². The van der Waals surface area contributed by atoms with Crippen LogP contribution < -0.4 is 14.8 Å². The Kier molecular flexibility index (Phi) is 4.09. The van der Waals surface area contributed by atoms with Gasteiger partial charge >= 0.3 is 0 Å². The van der Waals surface area contributed by atoms with Crippen molar-refractivity contribution in [3.8, 4) is 11.5 Å². The second kappa shape index (κ2) is 6.35. The standard InChI is InChI=1S/C16H16N4O3/c1-22-11-6-7-13(23-2)12(9-11)16(21)17-10-15-19-18-14-5-3-4-8-20(14)15/h3-9H,10H2,1-2H3,(H,17,21). The number of nitrogens with one attached hydrogen (secondary N) is 1. The topological polar surface area (TPSA) is 77.8 Å². The van der Waals surface area contributed by atoms with Crippen LogP contribution in [0, 0.1) is 0 Å². The second-order valence-electron chi connectivity index (χ2n) is 4.79. The molecular weight excluding hydrogens is 296 g/mol. The molecule has 1 aromatic carbocycles. The molecule has 0 saturated heterocycles. The molecule has 0 fully saturated rings. The number of pyridine rings is 1. The quantitative estimate of drug-likeness (QED) is 0.775. The van der Waals surface area contributed by atoms with Crippen LogP contribution in [0.4, 0.5) is 0 Å². The average molecular weight is 312 g/mol. The molecule has 7 heteroatoms. The Morgan fingerprint density at radius 1 is 1.17 bits per heavy atom. The molecule has 0 radical (unpaired) electrons. The molecule has 1 N–H and O–H groups in total. The maximum absolute atomic E-state index is 12.4. The first-order valence-electron chi connectivity index (χ1n) is 7.02. The van der Waals surface area contributed by atoms with Crippen LogP contribution in [0.3, 0.4) is 0 Å². The van der Waals surface area contributed by atoms with Crippen LogP contribution in [0.2, 0.25) is 0 Å². The van der Waals surface area contributed by atoms with Crippen molar-refractivity contribution in [2.75, 3.05) is 14.2 Å². The minimum Gasteiger partial charge on any atom is -0.497 e. The van der Waals surface area contributed by atoms with Crippen molar-refractivity contribution in [2.24, 2.45) is 0 Å². The Labute approximate surface area is 132 Å². The Bertz CT molecular complexity index is 844. The Morgan fingerprint density at radius 3 is 2.83 bits per heavy atom. The first-order valence-corrected chi connectivity index (χ1v) is 7.02. The van der Waals surface area contributed by atoms with Gasteiger partial charge in [0.2, 0.25) is 0 Å². The fraction of sp³-hybridized carbons (Fsp3) is 0.188. The van der Waals surface area contributed by atoms with E-state index in [1.165, 1.54) is 7.11 Å². The predicted molar refractivity (Wildman–Crippen MR) is 83.7 cm³/mol. The van der Waals surface area contributed by atoms with Crippen LogP contribution >= 0.6 is 0 Å². The van der Waals surface area contributed by atoms with Crippen LogP contribution in [0.15, 0.2) is 42.6 Å². The fourth-order valence-electron chi connectivity index (χ4n) is 2.26. The van der Waals surface area contributed by atoms with Gasteiger partial charge in [0.1, 0.15) is 11.5 Å². The van der Waals surface area contributed by atoms with E-state index in [4.69, 9.17) is 9.47 Å². The molecule has 23 heavy (non-hydrogen) atoms. The molecule has 0 atom stereocenters. The van der Waals surface area contributed by atoms with Crippen LogP contribution in [-0.4, -0.2) is 34.7 Å². The lowest BCUT2D eigenvalue weighted by Gasteiger charge is -2.10. The number of fused-ring (bicyclic) bond motifs is 1. The molecule has 118 valence electrons. The van der Waals surface area contributed by atoms with Gasteiger partial charge in [-0.3, -0.25) is 9.20 Å². The third-order valence-corrected chi connectivity index (χ3v) is 3.44. The largest absolute Gasteiger partial charge is 0.497 e. The van der Waals surface area contributed by atoms with Crippen molar-refractivity contribution >= 4 is 11.6 Å². The van der Waals surface area contributed by atoms with Crippen molar-refractivity contribution in [1.29, 1.82) is 0 Å². The van der Waals surface area contributed by atoms with Gasteiger partial charge in [0.05, 0.1) is 26.3 Å². The molecule has 2 heterocycles. The van der Waals surface area contributed by atoms with Crippen molar-refractivity contribution in [3.05, 3.63) is 54.0 Å². The summed E-state index contributed by atoms with van der Waals surface area (Å²) in [5, 5.41) is 10.9. The number of carbonyl (C=O) groups is 1. The van der Waals surface area contributed by atoms with E-state index in [-0.39, 0.29) is 12.5 Å². The predicted octanol–water partition coefficient (Wildman–Crippen LogP) is 1.68. The fourth-order valence-corrected chi connectivity index (χ4v) is 2.26. The minimum atomic E-state index is -0.270. The number of amides is 1. The Hall–Kier alpha value is -3.09. The molecular formula is C16H16N4O3. The van der Waals surface area contributed by atoms with E-state index in [9.17, 15) is 4.79 Å². The Balaban J connectivity index is 1.79. The first-order chi connectivity index (χ1) is 11.2. The normalized spacial score (nSPS) is 10.5. The number of nitrogens with zero attached hydrogens (tertiary/aromatic N) is 3. The van der Waals surface area contributed by atoms with Gasteiger partial charge in [0.15, 0.2) is 11.5 Å². The summed E-state index contributed by atoms with van der Waals surface area (Å²) in [4.78, 5) is 12.4. The maximum atomic E-state index is 12.4. The molecule has 0 aliphatic carbocycles. The molecule has 3 aromatic rings. The number of aromatic nitrogens is 3. The van der Waals surface area contributed by atoms with E-state index in [2.05, 4.69) is 15.5 Å². The smallest absolute Gasteiger partial charge is 0.255 e. The lowest BCUT2D eigenvalue weighted by molar-refractivity contribution is 0.0946. The number of methoxy groups -OCH3 is 2. The van der Waals surface area contributed by atoms with Gasteiger partial charge in [-0.05, 0) is 30.3 Å².